The van der Waals surface area contributed by atoms with Gasteiger partial charge in [0, 0.05) is 5.39 Å². The van der Waals surface area contributed by atoms with Crippen LogP contribution < -0.4 is 0 Å². The highest BCUT2D eigenvalue weighted by molar-refractivity contribution is 7.16. The normalized spacial score (nSPS) is 10.8. The molecule has 0 aliphatic carbocycles. The number of aromatic amines is 1. The molecule has 9 heavy (non-hydrogen) atoms. The van der Waals surface area contributed by atoms with Crippen LogP contribution in [0.2, 0.25) is 0 Å². The van der Waals surface area contributed by atoms with E-state index in [1.54, 1.807) is 11.3 Å². The molecule has 46 valence electrons. The highest BCUT2D eigenvalue weighted by Crippen LogP contribution is 2.21. The molecule has 0 aromatic carbocycles. The van der Waals surface area contributed by atoms with E-state index in [0.29, 0.717) is 0 Å². The van der Waals surface area contributed by atoms with Crippen LogP contribution in [0.25, 0.3) is 10.2 Å². The fourth-order valence-electron chi connectivity index (χ4n) is 0.856. The number of hydrogen-bond donors (Lipinski definition) is 1. The molecule has 3 heteroatoms. The van der Waals surface area contributed by atoms with E-state index in [0.717, 1.165) is 0 Å². The predicted octanol–water partition coefficient (Wildman–Crippen LogP) is 1.93. The molecule has 0 fully saturated rings. The summed E-state index contributed by atoms with van der Waals surface area (Å²) >= 11 is 1.70. The number of fused-ring (bicyclic) bond motifs is 1. The summed E-state index contributed by atoms with van der Waals surface area (Å²) in [4.78, 5) is 1.17. The Bertz CT molecular complexity index is 320. The average molecular weight is 138 g/mol. The molecule has 0 aliphatic heterocycles. The summed E-state index contributed by atoms with van der Waals surface area (Å²) in [5.74, 6) is 0. The quantitative estimate of drug-likeness (QED) is 0.592. The zero-order chi connectivity index (χ0) is 6.27. The minimum atomic E-state index is 1.17. The van der Waals surface area contributed by atoms with Gasteiger partial charge in [0.1, 0.15) is 4.83 Å². The molecule has 1 N–H and O–H groups in total. The lowest BCUT2D eigenvalue weighted by Crippen LogP contribution is -1.57. The third kappa shape index (κ3) is 0.580. The Labute approximate surface area is 56.5 Å². The Balaban J connectivity index is 2.99. The second kappa shape index (κ2) is 1.57. The largest absolute Gasteiger partial charge is 0.268 e. The number of H-pyrrole nitrogens is 1. The van der Waals surface area contributed by atoms with Crippen molar-refractivity contribution in [2.45, 2.75) is 6.92 Å². The highest BCUT2D eigenvalue weighted by atomic mass is 32.1. The number of hydrogen-bond acceptors (Lipinski definition) is 2. The van der Waals surface area contributed by atoms with Gasteiger partial charge in [-0.3, -0.25) is 5.10 Å². The van der Waals surface area contributed by atoms with Gasteiger partial charge in [-0.2, -0.15) is 5.10 Å². The number of aryl methyl sites for hydroxylation is 1. The van der Waals surface area contributed by atoms with Crippen LogP contribution in [0.3, 0.4) is 0 Å². The Morgan fingerprint density at radius 3 is 3.33 bits per heavy atom. The van der Waals surface area contributed by atoms with Gasteiger partial charge in [-0.25, -0.2) is 0 Å². The van der Waals surface area contributed by atoms with E-state index in [1.165, 1.54) is 15.8 Å². The molecule has 2 aromatic rings. The van der Waals surface area contributed by atoms with Crippen molar-refractivity contribution in [2.75, 3.05) is 0 Å². The molecule has 2 nitrogen and oxygen atoms in total. The lowest BCUT2D eigenvalue weighted by Gasteiger charge is -1.74. The zero-order valence-electron chi connectivity index (χ0n) is 5.01. The van der Waals surface area contributed by atoms with E-state index >= 15 is 0 Å². The molecule has 0 bridgehead atoms. The third-order valence-corrected chi connectivity index (χ3v) is 2.40. The molecule has 0 atom stereocenters. The summed E-state index contributed by atoms with van der Waals surface area (Å²) in [5, 5.41) is 10.2. The molecule has 2 aromatic heterocycles. The van der Waals surface area contributed by atoms with Crippen LogP contribution in [-0.4, -0.2) is 10.2 Å². The van der Waals surface area contributed by atoms with Crippen LogP contribution in [0.4, 0.5) is 0 Å². The van der Waals surface area contributed by atoms with Crippen molar-refractivity contribution in [1.29, 1.82) is 0 Å². The fraction of sp³-hybridized carbons (Fsp3) is 0.167. The van der Waals surface area contributed by atoms with Crippen molar-refractivity contribution in [2.24, 2.45) is 0 Å². The monoisotopic (exact) mass is 138 g/mol. The first-order valence-corrected chi connectivity index (χ1v) is 3.63. The van der Waals surface area contributed by atoms with Gasteiger partial charge in [0.2, 0.25) is 0 Å². The summed E-state index contributed by atoms with van der Waals surface area (Å²) in [6.07, 6.45) is 1.86. The molecule has 2 heterocycles. The van der Waals surface area contributed by atoms with Crippen LogP contribution in [0.15, 0.2) is 11.6 Å². The third-order valence-electron chi connectivity index (χ3n) is 1.38. The number of thiophene rings is 1. The first kappa shape index (κ1) is 4.99. The lowest BCUT2D eigenvalue weighted by atomic mass is 10.3. The molecule has 2 rings (SSSR count). The van der Waals surface area contributed by atoms with Crippen LogP contribution in [0, 0.1) is 6.92 Å². The van der Waals surface area contributed by atoms with Crippen molar-refractivity contribution in [3.8, 4) is 0 Å². The van der Waals surface area contributed by atoms with E-state index in [4.69, 9.17) is 0 Å². The van der Waals surface area contributed by atoms with Crippen molar-refractivity contribution in [3.05, 3.63) is 17.1 Å². The minimum Gasteiger partial charge on any atom is -0.268 e. The Kier molecular flexibility index (Phi) is 0.873. The van der Waals surface area contributed by atoms with Crippen molar-refractivity contribution < 1.29 is 0 Å². The van der Waals surface area contributed by atoms with Crippen LogP contribution in [0.5, 0.6) is 0 Å². The van der Waals surface area contributed by atoms with Gasteiger partial charge in [-0.15, -0.1) is 11.3 Å². The van der Waals surface area contributed by atoms with Gasteiger partial charge in [-0.05, 0) is 17.9 Å². The SMILES string of the molecule is Cc1csc2[nH]ncc12. The first-order chi connectivity index (χ1) is 4.38. The van der Waals surface area contributed by atoms with E-state index in [2.05, 4.69) is 22.5 Å². The number of nitrogens with zero attached hydrogens (tertiary/aromatic N) is 1. The Morgan fingerprint density at radius 1 is 1.67 bits per heavy atom. The first-order valence-electron chi connectivity index (χ1n) is 2.75. The molecular weight excluding hydrogens is 132 g/mol. The maximum atomic E-state index is 3.91. The standard InChI is InChI=1S/C6H6N2S/c1-4-3-9-6-5(4)2-7-8-6/h2-3H,1H3,(H,7,8). The van der Waals surface area contributed by atoms with Crippen molar-refractivity contribution >= 4 is 21.6 Å². The van der Waals surface area contributed by atoms with E-state index in [9.17, 15) is 0 Å². The summed E-state index contributed by atoms with van der Waals surface area (Å²) in [7, 11) is 0. The summed E-state index contributed by atoms with van der Waals surface area (Å²) in [6, 6.07) is 0. The molecule has 0 aliphatic rings. The molecular formula is C6H6N2S. The van der Waals surface area contributed by atoms with Crippen molar-refractivity contribution in [1.82, 2.24) is 10.2 Å². The van der Waals surface area contributed by atoms with Gasteiger partial charge < -0.3 is 0 Å². The van der Waals surface area contributed by atoms with Gasteiger partial charge >= 0.3 is 0 Å². The van der Waals surface area contributed by atoms with Crippen LogP contribution >= 0.6 is 11.3 Å². The number of aromatic nitrogens is 2. The smallest absolute Gasteiger partial charge is 0.118 e. The Hall–Kier alpha value is -0.830. The second-order valence-electron chi connectivity index (χ2n) is 2.03. The molecule has 0 unspecified atom stereocenters. The Morgan fingerprint density at radius 2 is 2.56 bits per heavy atom. The zero-order valence-corrected chi connectivity index (χ0v) is 5.83. The van der Waals surface area contributed by atoms with Crippen LogP contribution in [-0.2, 0) is 0 Å². The van der Waals surface area contributed by atoms with Gasteiger partial charge in [0.15, 0.2) is 0 Å². The van der Waals surface area contributed by atoms with Gasteiger partial charge in [-0.1, -0.05) is 0 Å². The lowest BCUT2D eigenvalue weighted by molar-refractivity contribution is 1.12. The maximum Gasteiger partial charge on any atom is 0.118 e. The summed E-state index contributed by atoms with van der Waals surface area (Å²) < 4.78 is 0. The second-order valence-corrected chi connectivity index (χ2v) is 2.91. The molecule has 0 saturated carbocycles. The van der Waals surface area contributed by atoms with Gasteiger partial charge in [0.25, 0.3) is 0 Å². The summed E-state index contributed by atoms with van der Waals surface area (Å²) in [5.41, 5.74) is 1.31. The van der Waals surface area contributed by atoms with E-state index < -0.39 is 0 Å². The molecule has 0 saturated heterocycles. The van der Waals surface area contributed by atoms with Crippen molar-refractivity contribution in [3.63, 3.8) is 0 Å². The number of rotatable bonds is 0. The average Bonchev–Trinajstić information content (AvgIpc) is 2.35. The number of nitrogens with one attached hydrogen (secondary N) is 1. The topological polar surface area (TPSA) is 28.7 Å². The maximum absolute atomic E-state index is 3.91. The summed E-state index contributed by atoms with van der Waals surface area (Å²) in [6.45, 7) is 2.09. The van der Waals surface area contributed by atoms with E-state index in [1.807, 2.05) is 6.20 Å². The van der Waals surface area contributed by atoms with Crippen LogP contribution in [0.1, 0.15) is 5.56 Å². The fourth-order valence-corrected chi connectivity index (χ4v) is 1.72. The molecule has 0 radical (unpaired) electrons. The van der Waals surface area contributed by atoms with E-state index in [-0.39, 0.29) is 0 Å². The predicted molar refractivity (Wildman–Crippen MR) is 38.7 cm³/mol. The van der Waals surface area contributed by atoms with Gasteiger partial charge in [0.05, 0.1) is 6.20 Å². The molecule has 0 amide bonds. The molecule has 0 spiro atoms. The minimum absolute atomic E-state index is 1.17. The highest BCUT2D eigenvalue weighted by Gasteiger charge is 1.98.